The molecule has 0 saturated carbocycles. The van der Waals surface area contributed by atoms with Crippen LogP contribution in [0, 0.1) is 6.92 Å². The number of thiazole rings is 1. The Morgan fingerprint density at radius 3 is 2.67 bits per heavy atom. The first-order chi connectivity index (χ1) is 11.3. The molecular weight excluding hydrogens is 357 g/mol. The number of hydrogen-bond acceptors (Lipinski definition) is 4. The van der Waals surface area contributed by atoms with Crippen molar-refractivity contribution in [2.24, 2.45) is 4.99 Å². The molecule has 4 nitrogen and oxygen atoms in total. The predicted octanol–water partition coefficient (Wildman–Crippen LogP) is 3.83. The number of thiophene rings is 1. The van der Waals surface area contributed by atoms with Crippen LogP contribution >= 0.6 is 22.7 Å². The molecule has 2 aromatic rings. The lowest BCUT2D eigenvalue weighted by Gasteiger charge is -2.17. The van der Waals surface area contributed by atoms with Gasteiger partial charge in [-0.15, -0.1) is 22.7 Å². The molecule has 0 aliphatic heterocycles. The summed E-state index contributed by atoms with van der Waals surface area (Å²) in [6.45, 7) is 4.30. The van der Waals surface area contributed by atoms with Crippen molar-refractivity contribution in [3.63, 3.8) is 0 Å². The second kappa shape index (κ2) is 7.98. The normalized spacial score (nSPS) is 13.8. The van der Waals surface area contributed by atoms with Crippen LogP contribution in [-0.4, -0.2) is 24.0 Å². The van der Waals surface area contributed by atoms with Crippen LogP contribution in [0.2, 0.25) is 0 Å². The van der Waals surface area contributed by atoms with Crippen molar-refractivity contribution in [2.45, 2.75) is 39.0 Å². The van der Waals surface area contributed by atoms with Gasteiger partial charge < -0.3 is 10.6 Å². The first kappa shape index (κ1) is 18.7. The number of aliphatic imine (C=N–C) groups is 1. The first-order valence-corrected chi connectivity index (χ1v) is 9.01. The number of nitrogens with zero attached hydrogens (tertiary/aromatic N) is 2. The summed E-state index contributed by atoms with van der Waals surface area (Å²) in [6, 6.07) is 4.33. The molecule has 0 bridgehead atoms. The molecule has 24 heavy (non-hydrogen) atoms. The van der Waals surface area contributed by atoms with E-state index in [-0.39, 0.29) is 12.6 Å². The van der Waals surface area contributed by atoms with Crippen molar-refractivity contribution in [2.75, 3.05) is 7.05 Å². The highest BCUT2D eigenvalue weighted by atomic mass is 32.1. The maximum atomic E-state index is 12.5. The number of hydrogen-bond donors (Lipinski definition) is 2. The molecular formula is C15H19F3N4S2. The number of guanidine groups is 1. The van der Waals surface area contributed by atoms with Crippen molar-refractivity contribution in [1.82, 2.24) is 15.6 Å². The number of aryl methyl sites for hydroxylation is 1. The lowest BCUT2D eigenvalue weighted by atomic mass is 10.2. The maximum absolute atomic E-state index is 12.5. The van der Waals surface area contributed by atoms with Gasteiger partial charge in [0.05, 0.1) is 6.54 Å². The van der Waals surface area contributed by atoms with E-state index in [1.54, 1.807) is 18.4 Å². The maximum Gasteiger partial charge on any atom is 0.434 e. The molecule has 1 atom stereocenters. The molecule has 132 valence electrons. The summed E-state index contributed by atoms with van der Waals surface area (Å²) in [5, 5.41) is 7.62. The van der Waals surface area contributed by atoms with Gasteiger partial charge >= 0.3 is 6.18 Å². The van der Waals surface area contributed by atoms with Crippen molar-refractivity contribution < 1.29 is 13.2 Å². The molecule has 9 heteroatoms. The van der Waals surface area contributed by atoms with E-state index in [0.717, 1.165) is 23.1 Å². The Labute approximate surface area is 146 Å². The number of nitrogens with one attached hydrogen (secondary N) is 2. The zero-order chi connectivity index (χ0) is 17.7. The lowest BCUT2D eigenvalue weighted by molar-refractivity contribution is -0.140. The van der Waals surface area contributed by atoms with Crippen molar-refractivity contribution >= 4 is 28.6 Å². The molecule has 1 unspecified atom stereocenters. The van der Waals surface area contributed by atoms with E-state index in [1.165, 1.54) is 9.75 Å². The number of rotatable bonds is 5. The lowest BCUT2D eigenvalue weighted by Crippen LogP contribution is -2.42. The summed E-state index contributed by atoms with van der Waals surface area (Å²) in [6.07, 6.45) is -3.54. The third-order valence-electron chi connectivity index (χ3n) is 3.16. The quantitative estimate of drug-likeness (QED) is 0.616. The van der Waals surface area contributed by atoms with Gasteiger partial charge in [-0.1, -0.05) is 0 Å². The molecule has 2 N–H and O–H groups in total. The molecule has 0 aromatic carbocycles. The average molecular weight is 376 g/mol. The van der Waals surface area contributed by atoms with E-state index in [4.69, 9.17) is 0 Å². The molecule has 0 spiro atoms. The minimum absolute atomic E-state index is 0.149. The van der Waals surface area contributed by atoms with E-state index in [1.807, 2.05) is 6.92 Å². The van der Waals surface area contributed by atoms with Gasteiger partial charge in [-0.25, -0.2) is 4.98 Å². The van der Waals surface area contributed by atoms with Gasteiger partial charge in [0.25, 0.3) is 0 Å². The first-order valence-electron chi connectivity index (χ1n) is 7.32. The zero-order valence-corrected chi connectivity index (χ0v) is 15.2. The van der Waals surface area contributed by atoms with Crippen LogP contribution in [0.3, 0.4) is 0 Å². The van der Waals surface area contributed by atoms with Gasteiger partial charge in [-0.05, 0) is 26.0 Å². The van der Waals surface area contributed by atoms with Gasteiger partial charge in [0, 0.05) is 34.6 Å². The number of halogens is 3. The molecule has 0 saturated heterocycles. The zero-order valence-electron chi connectivity index (χ0n) is 13.6. The van der Waals surface area contributed by atoms with Crippen molar-refractivity contribution in [3.05, 3.63) is 38.0 Å². The summed E-state index contributed by atoms with van der Waals surface area (Å²) in [4.78, 5) is 10.2. The summed E-state index contributed by atoms with van der Waals surface area (Å²) >= 11 is 2.73. The monoisotopic (exact) mass is 376 g/mol. The molecule has 0 radical (unpaired) electrons. The third-order valence-corrected chi connectivity index (χ3v) is 5.03. The van der Waals surface area contributed by atoms with Gasteiger partial charge in [0.15, 0.2) is 11.7 Å². The van der Waals surface area contributed by atoms with Crippen LogP contribution < -0.4 is 10.6 Å². The Morgan fingerprint density at radius 2 is 2.12 bits per heavy atom. The molecule has 0 aliphatic carbocycles. The highest BCUT2D eigenvalue weighted by molar-refractivity contribution is 7.11. The molecule has 0 amide bonds. The SMILES string of the molecule is CN=C(NCc1nc(C(F)(F)F)cs1)NC(C)Cc1ccc(C)s1. The molecule has 2 heterocycles. The summed E-state index contributed by atoms with van der Waals surface area (Å²) in [5.74, 6) is 0.541. The Morgan fingerprint density at radius 1 is 1.38 bits per heavy atom. The topological polar surface area (TPSA) is 49.3 Å². The van der Waals surface area contributed by atoms with E-state index >= 15 is 0 Å². The fourth-order valence-electron chi connectivity index (χ4n) is 2.06. The fourth-order valence-corrected chi connectivity index (χ4v) is 3.82. The van der Waals surface area contributed by atoms with E-state index in [9.17, 15) is 13.2 Å². The Kier molecular flexibility index (Phi) is 6.22. The van der Waals surface area contributed by atoms with Crippen LogP contribution in [0.15, 0.2) is 22.5 Å². The van der Waals surface area contributed by atoms with E-state index in [0.29, 0.717) is 11.0 Å². The van der Waals surface area contributed by atoms with Crippen molar-refractivity contribution in [3.8, 4) is 0 Å². The van der Waals surface area contributed by atoms with Gasteiger partial charge in [-0.2, -0.15) is 13.2 Å². The number of aromatic nitrogens is 1. The minimum Gasteiger partial charge on any atom is -0.354 e. The Balaban J connectivity index is 1.85. The molecule has 2 aromatic heterocycles. The minimum atomic E-state index is -4.40. The third kappa shape index (κ3) is 5.48. The van der Waals surface area contributed by atoms with Crippen LogP contribution in [-0.2, 0) is 19.1 Å². The summed E-state index contributed by atoms with van der Waals surface area (Å²) < 4.78 is 37.6. The molecule has 0 aliphatic rings. The Hall–Kier alpha value is -1.61. The standard InChI is InChI=1S/C15H19F3N4S2/c1-9(6-11-5-4-10(2)24-11)21-14(19-3)20-7-13-22-12(8-23-13)15(16,17)18/h4-5,8-9H,6-7H2,1-3H3,(H2,19,20,21). The summed E-state index contributed by atoms with van der Waals surface area (Å²) in [5.41, 5.74) is -0.853. The van der Waals surface area contributed by atoms with Crippen molar-refractivity contribution in [1.29, 1.82) is 0 Å². The fraction of sp³-hybridized carbons (Fsp3) is 0.467. The summed E-state index contributed by atoms with van der Waals surface area (Å²) in [7, 11) is 1.63. The van der Waals surface area contributed by atoms with Crippen LogP contribution in [0.25, 0.3) is 0 Å². The molecule has 2 rings (SSSR count). The average Bonchev–Trinajstić information content (AvgIpc) is 3.12. The van der Waals surface area contributed by atoms with Crippen LogP contribution in [0.1, 0.15) is 27.4 Å². The van der Waals surface area contributed by atoms with Gasteiger partial charge in [-0.3, -0.25) is 4.99 Å². The molecule has 0 fully saturated rings. The van der Waals surface area contributed by atoms with Crippen LogP contribution in [0.4, 0.5) is 13.2 Å². The van der Waals surface area contributed by atoms with E-state index < -0.39 is 11.9 Å². The van der Waals surface area contributed by atoms with Crippen LogP contribution in [0.5, 0.6) is 0 Å². The van der Waals surface area contributed by atoms with E-state index in [2.05, 4.69) is 39.7 Å². The second-order valence-electron chi connectivity index (χ2n) is 5.31. The second-order valence-corrected chi connectivity index (χ2v) is 7.63. The highest BCUT2D eigenvalue weighted by Crippen LogP contribution is 2.29. The van der Waals surface area contributed by atoms with Gasteiger partial charge in [0.2, 0.25) is 0 Å². The highest BCUT2D eigenvalue weighted by Gasteiger charge is 2.33. The van der Waals surface area contributed by atoms with Gasteiger partial charge in [0.1, 0.15) is 5.01 Å². The largest absolute Gasteiger partial charge is 0.434 e. The Bertz CT molecular complexity index is 691. The number of alkyl halides is 3. The predicted molar refractivity (Wildman–Crippen MR) is 92.7 cm³/mol. The smallest absolute Gasteiger partial charge is 0.354 e.